The summed E-state index contributed by atoms with van der Waals surface area (Å²) >= 11 is 0. The molecule has 0 saturated carbocycles. The van der Waals surface area contributed by atoms with Gasteiger partial charge in [0.2, 0.25) is 0 Å². The summed E-state index contributed by atoms with van der Waals surface area (Å²) in [4.78, 5) is 19.9. The van der Waals surface area contributed by atoms with Gasteiger partial charge in [-0.25, -0.2) is 4.98 Å². The van der Waals surface area contributed by atoms with Crippen LogP contribution in [0.15, 0.2) is 57.8 Å². The number of amides is 1. The molecule has 5 nitrogen and oxygen atoms in total. The van der Waals surface area contributed by atoms with Gasteiger partial charge in [-0.3, -0.25) is 9.00 Å². The topological polar surface area (TPSA) is 63.4 Å². The van der Waals surface area contributed by atoms with Crippen molar-refractivity contribution in [1.82, 2.24) is 9.88 Å². The van der Waals surface area contributed by atoms with E-state index in [4.69, 9.17) is 4.42 Å². The van der Waals surface area contributed by atoms with Gasteiger partial charge in [0.05, 0.1) is 0 Å². The summed E-state index contributed by atoms with van der Waals surface area (Å²) < 4.78 is 17.3. The highest BCUT2D eigenvalue weighted by Gasteiger charge is 2.27. The average Bonchev–Trinajstić information content (AvgIpc) is 3.12. The van der Waals surface area contributed by atoms with Gasteiger partial charge in [0.1, 0.15) is 5.52 Å². The molecule has 1 atom stereocenters. The molecule has 1 saturated heterocycles. The number of hydrogen-bond donors (Lipinski definition) is 0. The number of carbonyl (C=O) groups is 1. The molecular weight excluding hydrogens is 348 g/mol. The normalized spacial score (nSPS) is 16.7. The van der Waals surface area contributed by atoms with Crippen LogP contribution in [0.5, 0.6) is 0 Å². The van der Waals surface area contributed by atoms with Gasteiger partial charge in [0.25, 0.3) is 5.91 Å². The summed E-state index contributed by atoms with van der Waals surface area (Å²) in [7, 11) is -1.03. The summed E-state index contributed by atoms with van der Waals surface area (Å²) in [5.74, 6) is 1.04. The summed E-state index contributed by atoms with van der Waals surface area (Å²) in [5, 5.41) is 0. The van der Waals surface area contributed by atoms with E-state index in [1.165, 1.54) is 0 Å². The van der Waals surface area contributed by atoms with Crippen LogP contribution >= 0.6 is 0 Å². The summed E-state index contributed by atoms with van der Waals surface area (Å²) in [6, 6.07) is 14.8. The van der Waals surface area contributed by atoms with E-state index in [-0.39, 0.29) is 11.8 Å². The predicted octanol–water partition coefficient (Wildman–Crippen LogP) is 3.59. The third-order valence-electron chi connectivity index (χ3n) is 4.88. The average molecular weight is 368 g/mol. The quantitative estimate of drug-likeness (QED) is 0.709. The monoisotopic (exact) mass is 368 g/mol. The van der Waals surface area contributed by atoms with Gasteiger partial charge in [-0.1, -0.05) is 12.1 Å². The van der Waals surface area contributed by atoms with Crippen molar-refractivity contribution in [3.05, 3.63) is 60.0 Å². The van der Waals surface area contributed by atoms with Gasteiger partial charge in [0, 0.05) is 46.5 Å². The molecule has 4 rings (SSSR count). The molecule has 26 heavy (non-hydrogen) atoms. The maximum atomic E-state index is 12.7. The van der Waals surface area contributed by atoms with E-state index in [0.717, 1.165) is 34.7 Å². The minimum atomic E-state index is -1.03. The Kier molecular flexibility index (Phi) is 4.59. The lowest BCUT2D eigenvalue weighted by atomic mass is 9.96. The second kappa shape index (κ2) is 7.03. The zero-order valence-electron chi connectivity index (χ0n) is 14.6. The number of nitrogens with zero attached hydrogens (tertiary/aromatic N) is 2. The van der Waals surface area contributed by atoms with E-state index in [9.17, 15) is 9.00 Å². The third kappa shape index (κ3) is 3.29. The van der Waals surface area contributed by atoms with Crippen molar-refractivity contribution in [2.45, 2.75) is 23.7 Å². The SMILES string of the molecule is C[S@](=O)c1ccc(C(=O)N2CCC(c3nc4ccccc4o3)CC2)cc1. The molecule has 1 fully saturated rings. The van der Waals surface area contributed by atoms with E-state index in [1.807, 2.05) is 29.2 Å². The van der Waals surface area contributed by atoms with Crippen LogP contribution in [0.3, 0.4) is 0 Å². The van der Waals surface area contributed by atoms with Crippen molar-refractivity contribution in [3.8, 4) is 0 Å². The second-order valence-corrected chi connectivity index (χ2v) is 7.94. The van der Waals surface area contributed by atoms with Crippen LogP contribution in [-0.4, -0.2) is 39.3 Å². The fraction of sp³-hybridized carbons (Fsp3) is 0.300. The number of aromatic nitrogens is 1. The molecule has 0 spiro atoms. The van der Waals surface area contributed by atoms with E-state index in [2.05, 4.69) is 4.98 Å². The molecule has 6 heteroatoms. The number of benzene rings is 2. The predicted molar refractivity (Wildman–Crippen MR) is 101 cm³/mol. The molecule has 1 amide bonds. The first-order chi connectivity index (χ1) is 12.6. The maximum Gasteiger partial charge on any atom is 0.253 e. The van der Waals surface area contributed by atoms with Crippen LogP contribution in [0.1, 0.15) is 35.0 Å². The molecule has 1 aliphatic heterocycles. The lowest BCUT2D eigenvalue weighted by Gasteiger charge is -2.30. The lowest BCUT2D eigenvalue weighted by Crippen LogP contribution is -2.38. The fourth-order valence-corrected chi connectivity index (χ4v) is 3.89. The molecule has 134 valence electrons. The second-order valence-electron chi connectivity index (χ2n) is 6.56. The van der Waals surface area contributed by atoms with Gasteiger partial charge >= 0.3 is 0 Å². The van der Waals surface area contributed by atoms with Crippen molar-refractivity contribution in [2.24, 2.45) is 0 Å². The van der Waals surface area contributed by atoms with Crippen LogP contribution < -0.4 is 0 Å². The lowest BCUT2D eigenvalue weighted by molar-refractivity contribution is 0.0706. The molecule has 0 bridgehead atoms. The molecule has 2 heterocycles. The number of para-hydroxylation sites is 2. The van der Waals surface area contributed by atoms with E-state index in [0.29, 0.717) is 18.7 Å². The number of likely N-dealkylation sites (tertiary alicyclic amines) is 1. The van der Waals surface area contributed by atoms with Gasteiger partial charge in [-0.2, -0.15) is 0 Å². The Morgan fingerprint density at radius 2 is 1.81 bits per heavy atom. The molecule has 1 aliphatic rings. The van der Waals surface area contributed by atoms with E-state index < -0.39 is 10.8 Å². The molecule has 0 unspecified atom stereocenters. The van der Waals surface area contributed by atoms with Crippen molar-refractivity contribution in [2.75, 3.05) is 19.3 Å². The molecule has 0 aliphatic carbocycles. The minimum absolute atomic E-state index is 0.0226. The Hall–Kier alpha value is -2.47. The van der Waals surface area contributed by atoms with Crippen LogP contribution in [0.2, 0.25) is 0 Å². The first-order valence-electron chi connectivity index (χ1n) is 8.70. The zero-order valence-corrected chi connectivity index (χ0v) is 15.4. The van der Waals surface area contributed by atoms with Crippen LogP contribution in [0, 0.1) is 0 Å². The van der Waals surface area contributed by atoms with E-state index in [1.54, 1.807) is 30.5 Å². The Morgan fingerprint density at radius 1 is 1.12 bits per heavy atom. The first kappa shape index (κ1) is 17.0. The Morgan fingerprint density at radius 3 is 2.46 bits per heavy atom. The van der Waals surface area contributed by atoms with Crippen molar-refractivity contribution in [1.29, 1.82) is 0 Å². The fourth-order valence-electron chi connectivity index (χ4n) is 3.37. The molecule has 2 aromatic carbocycles. The van der Waals surface area contributed by atoms with Crippen LogP contribution in [0.4, 0.5) is 0 Å². The van der Waals surface area contributed by atoms with Gasteiger partial charge < -0.3 is 9.32 Å². The number of oxazole rings is 1. The van der Waals surface area contributed by atoms with E-state index >= 15 is 0 Å². The Labute approximate surface area is 154 Å². The van der Waals surface area contributed by atoms with Crippen molar-refractivity contribution >= 4 is 27.8 Å². The van der Waals surface area contributed by atoms with Gasteiger partial charge in [0.15, 0.2) is 11.5 Å². The summed E-state index contributed by atoms with van der Waals surface area (Å²) in [5.41, 5.74) is 2.34. The van der Waals surface area contributed by atoms with Crippen LogP contribution in [-0.2, 0) is 10.8 Å². The molecule has 1 aromatic heterocycles. The largest absolute Gasteiger partial charge is 0.440 e. The number of carbonyl (C=O) groups excluding carboxylic acids is 1. The first-order valence-corrected chi connectivity index (χ1v) is 10.3. The number of piperidine rings is 1. The number of rotatable bonds is 3. The highest BCUT2D eigenvalue weighted by Crippen LogP contribution is 2.30. The molecule has 0 radical (unpaired) electrons. The highest BCUT2D eigenvalue weighted by molar-refractivity contribution is 7.84. The minimum Gasteiger partial charge on any atom is -0.440 e. The van der Waals surface area contributed by atoms with Crippen molar-refractivity contribution in [3.63, 3.8) is 0 Å². The van der Waals surface area contributed by atoms with Gasteiger partial charge in [-0.05, 0) is 49.2 Å². The molecule has 3 aromatic rings. The third-order valence-corrected chi connectivity index (χ3v) is 5.81. The highest BCUT2D eigenvalue weighted by atomic mass is 32.2. The number of fused-ring (bicyclic) bond motifs is 1. The Balaban J connectivity index is 1.42. The molecular formula is C20H20N2O3S. The van der Waals surface area contributed by atoms with Crippen molar-refractivity contribution < 1.29 is 13.4 Å². The standard InChI is InChI=1S/C20H20N2O3S/c1-26(24)16-8-6-15(7-9-16)20(23)22-12-10-14(11-13-22)19-21-17-4-2-3-5-18(17)25-19/h2-9,14H,10-13H2,1H3/t26-/m0/s1. The zero-order chi connectivity index (χ0) is 18.1. The number of hydrogen-bond acceptors (Lipinski definition) is 4. The maximum absolute atomic E-state index is 12.7. The van der Waals surface area contributed by atoms with Gasteiger partial charge in [-0.15, -0.1) is 0 Å². The van der Waals surface area contributed by atoms with Crippen LogP contribution in [0.25, 0.3) is 11.1 Å². The molecule has 0 N–H and O–H groups in total. The summed E-state index contributed by atoms with van der Waals surface area (Å²) in [6.45, 7) is 1.37. The smallest absolute Gasteiger partial charge is 0.253 e. The summed E-state index contributed by atoms with van der Waals surface area (Å²) in [6.07, 6.45) is 3.32. The Bertz CT molecular complexity index is 924.